The van der Waals surface area contributed by atoms with Crippen molar-refractivity contribution < 1.29 is 42.5 Å². The Morgan fingerprint density at radius 1 is 0.700 bits per heavy atom. The Bertz CT molecular complexity index is 1030. The predicted molar refractivity (Wildman–Crippen MR) is 117 cm³/mol. The quantitative estimate of drug-likeness (QED) is 0.329. The molecule has 152 valence electrons. The number of hydrogen-bond acceptors (Lipinski definition) is 5. The Balaban J connectivity index is 0.00000320. The molecule has 30 heavy (non-hydrogen) atoms. The van der Waals surface area contributed by atoms with Crippen LogP contribution in [0.1, 0.15) is 22.6 Å². The molecule has 0 spiro atoms. The van der Waals surface area contributed by atoms with Gasteiger partial charge in [-0.3, -0.25) is 0 Å². The molecular formula is C23H25N2NaO3S. The predicted octanol–water partition coefficient (Wildman–Crippen LogP) is 0.907. The van der Waals surface area contributed by atoms with Crippen molar-refractivity contribution in [2.45, 2.75) is 10.8 Å². The van der Waals surface area contributed by atoms with Gasteiger partial charge in [0.25, 0.3) is 0 Å². The summed E-state index contributed by atoms with van der Waals surface area (Å²) >= 11 is 0. The van der Waals surface area contributed by atoms with Gasteiger partial charge in [0, 0.05) is 45.5 Å². The van der Waals surface area contributed by atoms with Crippen molar-refractivity contribution >= 4 is 21.5 Å². The summed E-state index contributed by atoms with van der Waals surface area (Å²) in [5.41, 5.74) is 4.41. The van der Waals surface area contributed by atoms with Crippen molar-refractivity contribution in [2.75, 3.05) is 38.0 Å². The minimum absolute atomic E-state index is 0. The molecule has 7 heteroatoms. The molecule has 3 aromatic carbocycles. The molecule has 0 saturated heterocycles. The average molecular weight is 433 g/mol. The minimum Gasteiger partial charge on any atom is -0.744 e. The van der Waals surface area contributed by atoms with E-state index in [4.69, 9.17) is 0 Å². The first kappa shape index (κ1) is 24.4. The Morgan fingerprint density at radius 3 is 1.47 bits per heavy atom. The van der Waals surface area contributed by atoms with Crippen LogP contribution >= 0.6 is 0 Å². The van der Waals surface area contributed by atoms with Gasteiger partial charge in [0.15, 0.2) is 0 Å². The van der Waals surface area contributed by atoms with E-state index >= 15 is 0 Å². The Kier molecular flexibility index (Phi) is 8.13. The van der Waals surface area contributed by atoms with Crippen LogP contribution < -0.4 is 39.4 Å². The molecule has 0 fully saturated rings. The molecule has 0 bridgehead atoms. The van der Waals surface area contributed by atoms with Gasteiger partial charge in [0.2, 0.25) is 0 Å². The summed E-state index contributed by atoms with van der Waals surface area (Å²) in [5, 5.41) is 0. The van der Waals surface area contributed by atoms with Crippen molar-refractivity contribution in [3.8, 4) is 0 Å². The van der Waals surface area contributed by atoms with Crippen LogP contribution in [0.2, 0.25) is 0 Å². The van der Waals surface area contributed by atoms with Crippen molar-refractivity contribution in [3.05, 3.63) is 89.5 Å². The number of hydrogen-bond donors (Lipinski definition) is 0. The van der Waals surface area contributed by atoms with Gasteiger partial charge in [-0.05, 0) is 47.0 Å². The third-order valence-corrected chi connectivity index (χ3v) is 5.90. The van der Waals surface area contributed by atoms with Gasteiger partial charge in [-0.15, -0.1) is 0 Å². The molecule has 0 heterocycles. The fraction of sp³-hybridized carbons (Fsp3) is 0.217. The van der Waals surface area contributed by atoms with Crippen LogP contribution in [0.3, 0.4) is 0 Å². The van der Waals surface area contributed by atoms with Gasteiger partial charge in [-0.25, -0.2) is 8.42 Å². The molecule has 3 rings (SSSR count). The third kappa shape index (κ3) is 5.45. The molecule has 0 atom stereocenters. The first-order valence-electron chi connectivity index (χ1n) is 9.28. The van der Waals surface area contributed by atoms with Gasteiger partial charge in [0.05, 0.1) is 4.90 Å². The van der Waals surface area contributed by atoms with E-state index < -0.39 is 10.1 Å². The molecule has 0 amide bonds. The van der Waals surface area contributed by atoms with Gasteiger partial charge in [-0.2, -0.15) is 0 Å². The monoisotopic (exact) mass is 432 g/mol. The van der Waals surface area contributed by atoms with Gasteiger partial charge in [-0.1, -0.05) is 42.5 Å². The third-order valence-electron chi connectivity index (χ3n) is 4.98. The van der Waals surface area contributed by atoms with Gasteiger partial charge < -0.3 is 14.4 Å². The van der Waals surface area contributed by atoms with E-state index in [9.17, 15) is 13.0 Å². The molecule has 0 unspecified atom stereocenters. The van der Waals surface area contributed by atoms with Crippen LogP contribution in [0, 0.1) is 0 Å². The van der Waals surface area contributed by atoms with E-state index in [0.717, 1.165) is 22.5 Å². The fourth-order valence-electron chi connectivity index (χ4n) is 3.43. The molecule has 0 N–H and O–H groups in total. The first-order valence-corrected chi connectivity index (χ1v) is 10.7. The van der Waals surface area contributed by atoms with Gasteiger partial charge in [0.1, 0.15) is 10.1 Å². The van der Waals surface area contributed by atoms with E-state index in [1.807, 2.05) is 86.5 Å². The molecular weight excluding hydrogens is 407 g/mol. The van der Waals surface area contributed by atoms with Crippen LogP contribution in [-0.2, 0) is 10.1 Å². The van der Waals surface area contributed by atoms with Crippen molar-refractivity contribution in [3.63, 3.8) is 0 Å². The number of nitrogens with zero attached hydrogens (tertiary/aromatic N) is 2. The molecule has 0 aliphatic rings. The van der Waals surface area contributed by atoms with Crippen LogP contribution in [0.25, 0.3) is 0 Å². The molecule has 5 nitrogen and oxygen atoms in total. The standard InChI is InChI=1S/C23H26N2O3S.Na/c1-24(2)19-13-9-17(10-14-19)23(18-11-15-20(16-12-18)25(3)4)21-7-5-6-8-22(21)29(26,27)28;/h5-16,23H,1-4H3,(H,26,27,28);/q;+1/p-1. The van der Waals surface area contributed by atoms with Crippen LogP contribution in [0.5, 0.6) is 0 Å². The number of rotatable bonds is 6. The van der Waals surface area contributed by atoms with E-state index in [1.165, 1.54) is 6.07 Å². The Labute approximate surface area is 201 Å². The van der Waals surface area contributed by atoms with Crippen LogP contribution in [0.15, 0.2) is 77.7 Å². The maximum atomic E-state index is 11.9. The molecule has 0 radical (unpaired) electrons. The second-order valence-electron chi connectivity index (χ2n) is 7.40. The fourth-order valence-corrected chi connectivity index (χ4v) is 4.15. The zero-order chi connectivity index (χ0) is 21.2. The van der Waals surface area contributed by atoms with Crippen LogP contribution in [-0.4, -0.2) is 41.2 Å². The molecule has 0 aliphatic carbocycles. The second-order valence-corrected chi connectivity index (χ2v) is 8.74. The molecule has 0 saturated carbocycles. The van der Waals surface area contributed by atoms with Crippen molar-refractivity contribution in [1.82, 2.24) is 0 Å². The summed E-state index contributed by atoms with van der Waals surface area (Å²) in [5.74, 6) is -0.373. The maximum absolute atomic E-state index is 11.9. The zero-order valence-corrected chi connectivity index (χ0v) is 20.8. The smallest absolute Gasteiger partial charge is 0.744 e. The minimum atomic E-state index is -4.60. The Morgan fingerprint density at radius 2 is 1.10 bits per heavy atom. The van der Waals surface area contributed by atoms with E-state index in [2.05, 4.69) is 0 Å². The van der Waals surface area contributed by atoms with Crippen molar-refractivity contribution in [1.29, 1.82) is 0 Å². The normalized spacial score (nSPS) is 11.1. The topological polar surface area (TPSA) is 63.7 Å². The summed E-state index contributed by atoms with van der Waals surface area (Å²) < 4.78 is 35.8. The average Bonchev–Trinajstić information content (AvgIpc) is 2.68. The zero-order valence-electron chi connectivity index (χ0n) is 18.0. The van der Waals surface area contributed by atoms with E-state index in [0.29, 0.717) is 5.56 Å². The molecule has 0 aliphatic heterocycles. The second kappa shape index (κ2) is 9.98. The summed E-state index contributed by atoms with van der Waals surface area (Å²) in [6.45, 7) is 0. The van der Waals surface area contributed by atoms with E-state index in [1.54, 1.807) is 18.2 Å². The number of anilines is 2. The van der Waals surface area contributed by atoms with Gasteiger partial charge >= 0.3 is 29.6 Å². The SMILES string of the molecule is CN(C)c1ccc(C(c2ccc(N(C)C)cc2)c2ccccc2S(=O)(=O)[O-])cc1.[Na+]. The number of benzene rings is 3. The molecule has 0 aromatic heterocycles. The van der Waals surface area contributed by atoms with E-state index in [-0.39, 0.29) is 40.4 Å². The van der Waals surface area contributed by atoms with Crippen molar-refractivity contribution in [2.24, 2.45) is 0 Å². The Hall–Kier alpha value is -1.83. The summed E-state index contributed by atoms with van der Waals surface area (Å²) in [7, 11) is 3.25. The summed E-state index contributed by atoms with van der Waals surface area (Å²) in [4.78, 5) is 3.82. The van der Waals surface area contributed by atoms with Crippen LogP contribution in [0.4, 0.5) is 11.4 Å². The first-order chi connectivity index (χ1) is 13.7. The molecule has 3 aromatic rings. The largest absolute Gasteiger partial charge is 1.00 e. The maximum Gasteiger partial charge on any atom is 1.00 e. The summed E-state index contributed by atoms with van der Waals surface area (Å²) in [6.07, 6.45) is 0. The summed E-state index contributed by atoms with van der Waals surface area (Å²) in [6, 6.07) is 22.3.